The lowest BCUT2D eigenvalue weighted by atomic mass is 9.88. The Hall–Kier alpha value is -2.01. The van der Waals surface area contributed by atoms with Gasteiger partial charge in [-0.1, -0.05) is 30.3 Å². The summed E-state index contributed by atoms with van der Waals surface area (Å²) in [6.45, 7) is -0.764. The van der Waals surface area contributed by atoms with Crippen molar-refractivity contribution in [3.8, 4) is 0 Å². The van der Waals surface area contributed by atoms with Gasteiger partial charge in [-0.05, 0) is 18.5 Å². The zero-order valence-electron chi connectivity index (χ0n) is 17.1. The molecule has 0 aromatic heterocycles. The third-order valence-electron chi connectivity index (χ3n) is 4.80. The Bertz CT molecular complexity index is 860. The molecule has 0 saturated carbocycles. The largest absolute Gasteiger partial charge is 0.460 e. The molecule has 0 amide bonds. The quantitative estimate of drug-likeness (QED) is 0.203. The first kappa shape index (κ1) is 32.0. The molecule has 0 unspecified atom stereocenters. The van der Waals surface area contributed by atoms with E-state index >= 15 is 0 Å². The Balaban J connectivity index is 3.16. The molecule has 0 radical (unpaired) electrons. The van der Waals surface area contributed by atoms with Gasteiger partial charge in [-0.3, -0.25) is 0 Å². The normalized spacial score (nSPS) is 15.4. The van der Waals surface area contributed by atoms with E-state index in [1.807, 2.05) is 0 Å². The molecule has 18 heteroatoms. The predicted octanol–water partition coefficient (Wildman–Crippen LogP) is 7.57. The van der Waals surface area contributed by atoms with Crippen LogP contribution in [-0.2, 0) is 6.54 Å². The average molecular weight is 567 g/mol. The van der Waals surface area contributed by atoms with E-state index in [4.69, 9.17) is 0 Å². The summed E-state index contributed by atoms with van der Waals surface area (Å²) in [5.74, 6) is -56.0. The van der Waals surface area contributed by atoms with E-state index in [1.165, 1.54) is 24.3 Å². The monoisotopic (exact) mass is 567 g/mol. The van der Waals surface area contributed by atoms with Crippen molar-refractivity contribution < 1.29 is 74.6 Å². The van der Waals surface area contributed by atoms with E-state index in [1.54, 1.807) is 6.07 Å². The number of benzene rings is 1. The van der Waals surface area contributed by atoms with Crippen LogP contribution in [0.5, 0.6) is 0 Å². The van der Waals surface area contributed by atoms with E-state index in [9.17, 15) is 74.6 Å². The van der Waals surface area contributed by atoms with Crippen LogP contribution in [0.4, 0.5) is 74.6 Å². The molecule has 0 aliphatic rings. The lowest BCUT2D eigenvalue weighted by Crippen LogP contribution is -2.74. The van der Waals surface area contributed by atoms with E-state index < -0.39 is 67.0 Å². The van der Waals surface area contributed by atoms with E-state index in [2.05, 4.69) is 5.32 Å². The van der Waals surface area contributed by atoms with E-state index in [0.29, 0.717) is 5.56 Å². The summed E-state index contributed by atoms with van der Waals surface area (Å²) < 4.78 is 224. The fourth-order valence-corrected chi connectivity index (χ4v) is 2.62. The van der Waals surface area contributed by atoms with Crippen LogP contribution in [0.2, 0.25) is 0 Å². The third kappa shape index (κ3) is 5.05. The van der Waals surface area contributed by atoms with Gasteiger partial charge in [0.15, 0.2) is 0 Å². The summed E-state index contributed by atoms with van der Waals surface area (Å²) in [7, 11) is 0. The topological polar surface area (TPSA) is 12.0 Å². The average Bonchev–Trinajstić information content (AvgIpc) is 2.72. The Morgan fingerprint density at radius 1 is 0.500 bits per heavy atom. The van der Waals surface area contributed by atoms with Gasteiger partial charge in [0.1, 0.15) is 0 Å². The lowest BCUT2D eigenvalue weighted by Gasteiger charge is -2.42. The molecule has 0 bridgehead atoms. The highest BCUT2D eigenvalue weighted by Crippen LogP contribution is 2.64. The number of alkyl halides is 17. The number of rotatable bonds is 12. The minimum atomic E-state index is -8.60. The molecule has 0 spiro atoms. The molecule has 0 heterocycles. The standard InChI is InChI=1S/C18H14F17N/c19-11(20,7-4-8-36-9-10-5-2-1-3-6-10)12(21,22)13(23,24)14(25,26)15(27,28)16(29,30)17(31,32)18(33,34)35/h1-3,5-6,36H,4,7-9H2. The SMILES string of the molecule is FC(F)(F)C(F)(F)C(F)(F)C(F)(F)C(F)(F)C(F)(F)C(F)(F)C(F)(F)CCCNCc1ccccc1. The Morgan fingerprint density at radius 3 is 1.31 bits per heavy atom. The Kier molecular flexibility index (Phi) is 8.63. The molecule has 210 valence electrons. The molecule has 1 nitrogen and oxygen atoms in total. The predicted molar refractivity (Wildman–Crippen MR) is 88.1 cm³/mol. The highest BCUT2D eigenvalue weighted by Gasteiger charge is 2.95. The van der Waals surface area contributed by atoms with Crippen LogP contribution in [-0.4, -0.2) is 54.2 Å². The minimum Gasteiger partial charge on any atom is -0.313 e. The summed E-state index contributed by atoms with van der Waals surface area (Å²) in [6.07, 6.45) is -11.4. The summed E-state index contributed by atoms with van der Waals surface area (Å²) in [6, 6.07) is 7.62. The van der Waals surface area contributed by atoms with Crippen molar-refractivity contribution >= 4 is 0 Å². The smallest absolute Gasteiger partial charge is 0.313 e. The van der Waals surface area contributed by atoms with Crippen molar-refractivity contribution in [3.05, 3.63) is 35.9 Å². The molecule has 36 heavy (non-hydrogen) atoms. The fraction of sp³-hybridized carbons (Fsp3) is 0.667. The van der Waals surface area contributed by atoms with Crippen molar-refractivity contribution in [2.75, 3.05) is 6.54 Å². The molecule has 1 rings (SSSR count). The van der Waals surface area contributed by atoms with Gasteiger partial charge in [-0.15, -0.1) is 0 Å². The van der Waals surface area contributed by atoms with Crippen molar-refractivity contribution in [2.24, 2.45) is 0 Å². The van der Waals surface area contributed by atoms with Crippen LogP contribution in [0, 0.1) is 0 Å². The molecule has 0 aliphatic heterocycles. The highest BCUT2D eigenvalue weighted by atomic mass is 19.4. The second-order valence-corrected chi connectivity index (χ2v) is 7.41. The van der Waals surface area contributed by atoms with Gasteiger partial charge in [0.2, 0.25) is 0 Å². The van der Waals surface area contributed by atoms with Crippen LogP contribution in [0.15, 0.2) is 30.3 Å². The summed E-state index contributed by atoms with van der Waals surface area (Å²) in [5.41, 5.74) is 0.514. The Labute approximate surface area is 190 Å². The second kappa shape index (κ2) is 9.70. The maximum atomic E-state index is 13.7. The molecular formula is C18H14F17N. The molecular weight excluding hydrogens is 553 g/mol. The molecule has 0 aliphatic carbocycles. The third-order valence-corrected chi connectivity index (χ3v) is 4.80. The maximum absolute atomic E-state index is 13.7. The lowest BCUT2D eigenvalue weighted by molar-refractivity contribution is -0.461. The molecule has 1 aromatic carbocycles. The Morgan fingerprint density at radius 2 is 0.889 bits per heavy atom. The second-order valence-electron chi connectivity index (χ2n) is 7.41. The highest BCUT2D eigenvalue weighted by molar-refractivity contribution is 5.15. The van der Waals surface area contributed by atoms with Crippen molar-refractivity contribution in [1.82, 2.24) is 5.32 Å². The number of hydrogen-bond acceptors (Lipinski definition) is 1. The van der Waals surface area contributed by atoms with Gasteiger partial charge < -0.3 is 5.32 Å². The molecule has 0 fully saturated rings. The molecule has 1 aromatic rings. The zero-order chi connectivity index (χ0) is 28.6. The van der Waals surface area contributed by atoms with Gasteiger partial charge in [0.25, 0.3) is 0 Å². The van der Waals surface area contributed by atoms with E-state index in [0.717, 1.165) is 0 Å². The first-order valence-electron chi connectivity index (χ1n) is 9.29. The maximum Gasteiger partial charge on any atom is 0.460 e. The number of halogens is 17. The van der Waals surface area contributed by atoms with Crippen molar-refractivity contribution in [1.29, 1.82) is 0 Å². The summed E-state index contributed by atoms with van der Waals surface area (Å²) in [4.78, 5) is 0. The number of hydrogen-bond donors (Lipinski definition) is 1. The number of nitrogens with one attached hydrogen (secondary N) is 1. The molecule has 0 saturated heterocycles. The first-order valence-corrected chi connectivity index (χ1v) is 9.29. The summed E-state index contributed by atoms with van der Waals surface area (Å²) >= 11 is 0. The van der Waals surface area contributed by atoms with Crippen molar-refractivity contribution in [3.63, 3.8) is 0 Å². The first-order chi connectivity index (χ1) is 15.8. The van der Waals surface area contributed by atoms with Crippen LogP contribution in [0.3, 0.4) is 0 Å². The molecule has 0 atom stereocenters. The molecule has 1 N–H and O–H groups in total. The van der Waals surface area contributed by atoms with E-state index in [-0.39, 0.29) is 6.54 Å². The van der Waals surface area contributed by atoms with Crippen LogP contribution >= 0.6 is 0 Å². The van der Waals surface area contributed by atoms with Gasteiger partial charge in [0.05, 0.1) is 0 Å². The minimum absolute atomic E-state index is 0.0915. The van der Waals surface area contributed by atoms with Gasteiger partial charge in [0, 0.05) is 13.0 Å². The van der Waals surface area contributed by atoms with Crippen LogP contribution in [0.25, 0.3) is 0 Å². The van der Waals surface area contributed by atoms with Gasteiger partial charge >= 0.3 is 47.6 Å². The fourth-order valence-electron chi connectivity index (χ4n) is 2.62. The van der Waals surface area contributed by atoms with Crippen LogP contribution < -0.4 is 5.32 Å². The van der Waals surface area contributed by atoms with Gasteiger partial charge in [-0.25, -0.2) is 0 Å². The van der Waals surface area contributed by atoms with Crippen LogP contribution in [0.1, 0.15) is 18.4 Å². The van der Waals surface area contributed by atoms with Crippen molar-refractivity contribution in [2.45, 2.75) is 67.0 Å². The van der Waals surface area contributed by atoms with Gasteiger partial charge in [-0.2, -0.15) is 74.6 Å². The summed E-state index contributed by atoms with van der Waals surface area (Å²) in [5, 5.41) is 2.35. The zero-order valence-corrected chi connectivity index (χ0v) is 17.1.